The second-order valence-electron chi connectivity index (χ2n) is 3.12. The third-order valence-corrected chi connectivity index (χ3v) is 3.01. The summed E-state index contributed by atoms with van der Waals surface area (Å²) in [6.07, 6.45) is 1.60. The van der Waals surface area contributed by atoms with E-state index >= 15 is 0 Å². The first-order valence-corrected chi connectivity index (χ1v) is 5.57. The Morgan fingerprint density at radius 3 is 2.71 bits per heavy atom. The highest BCUT2D eigenvalue weighted by atomic mass is 79.9. The number of carbonyl (C=O) groups is 1. The lowest BCUT2D eigenvalue weighted by Crippen LogP contribution is -2.36. The molecule has 3 nitrogen and oxygen atoms in total. The van der Waals surface area contributed by atoms with Crippen molar-refractivity contribution in [1.82, 2.24) is 0 Å². The van der Waals surface area contributed by atoms with E-state index in [4.69, 9.17) is 17.3 Å². The van der Waals surface area contributed by atoms with Crippen molar-refractivity contribution in [3.05, 3.63) is 11.0 Å². The van der Waals surface area contributed by atoms with Crippen molar-refractivity contribution >= 4 is 29.7 Å². The SMILES string of the molecule is [B]C1=C(CCC)C(CBr)(OC)OC1=O. The first-order chi connectivity index (χ1) is 6.61. The zero-order valence-corrected chi connectivity index (χ0v) is 9.89. The van der Waals surface area contributed by atoms with Crippen molar-refractivity contribution < 1.29 is 14.3 Å². The quantitative estimate of drug-likeness (QED) is 0.436. The third kappa shape index (κ3) is 1.75. The van der Waals surface area contributed by atoms with E-state index in [1.807, 2.05) is 6.92 Å². The molecule has 76 valence electrons. The predicted octanol–water partition coefficient (Wildman–Crippen LogP) is 1.50. The Hall–Kier alpha value is -0.285. The monoisotopic (exact) mass is 258 g/mol. The minimum atomic E-state index is -0.989. The molecule has 0 aromatic rings. The summed E-state index contributed by atoms with van der Waals surface area (Å²) >= 11 is 3.27. The van der Waals surface area contributed by atoms with Crippen LogP contribution in [0.2, 0.25) is 0 Å². The Morgan fingerprint density at radius 2 is 2.29 bits per heavy atom. The van der Waals surface area contributed by atoms with Gasteiger partial charge in [-0.1, -0.05) is 29.3 Å². The molecule has 1 heterocycles. The van der Waals surface area contributed by atoms with Crippen LogP contribution in [-0.4, -0.2) is 32.0 Å². The number of hydrogen-bond donors (Lipinski definition) is 0. The van der Waals surface area contributed by atoms with Crippen LogP contribution in [0.5, 0.6) is 0 Å². The van der Waals surface area contributed by atoms with E-state index < -0.39 is 11.8 Å². The van der Waals surface area contributed by atoms with Crippen LogP contribution in [0.1, 0.15) is 19.8 Å². The highest BCUT2D eigenvalue weighted by molar-refractivity contribution is 9.09. The molecular weight excluding hydrogens is 247 g/mol. The molecule has 0 aromatic heterocycles. The van der Waals surface area contributed by atoms with Crippen molar-refractivity contribution in [3.8, 4) is 0 Å². The molecule has 2 radical (unpaired) electrons. The van der Waals surface area contributed by atoms with Gasteiger partial charge < -0.3 is 9.47 Å². The van der Waals surface area contributed by atoms with Crippen LogP contribution < -0.4 is 0 Å². The van der Waals surface area contributed by atoms with E-state index in [0.29, 0.717) is 11.8 Å². The van der Waals surface area contributed by atoms with E-state index in [0.717, 1.165) is 12.0 Å². The summed E-state index contributed by atoms with van der Waals surface area (Å²) in [5, 5.41) is 0.401. The number of carbonyl (C=O) groups excluding carboxylic acids is 1. The Labute approximate surface area is 93.4 Å². The topological polar surface area (TPSA) is 35.5 Å². The van der Waals surface area contributed by atoms with Crippen LogP contribution in [0.15, 0.2) is 11.0 Å². The molecule has 5 heteroatoms. The summed E-state index contributed by atoms with van der Waals surface area (Å²) in [5.41, 5.74) is 0.928. The Kier molecular flexibility index (Phi) is 3.78. The van der Waals surface area contributed by atoms with E-state index in [-0.39, 0.29) is 5.47 Å². The lowest BCUT2D eigenvalue weighted by Gasteiger charge is -2.27. The number of halogens is 1. The summed E-state index contributed by atoms with van der Waals surface area (Å²) in [6.45, 7) is 2.01. The normalized spacial score (nSPS) is 26.9. The molecule has 0 amide bonds. The molecule has 14 heavy (non-hydrogen) atoms. The van der Waals surface area contributed by atoms with Crippen LogP contribution in [-0.2, 0) is 14.3 Å². The van der Waals surface area contributed by atoms with Crippen LogP contribution in [0.4, 0.5) is 0 Å². The number of alkyl halides is 1. The molecule has 0 N–H and O–H groups in total. The molecule has 0 saturated carbocycles. The molecule has 0 saturated heterocycles. The van der Waals surface area contributed by atoms with Gasteiger partial charge in [-0.15, -0.1) is 0 Å². The fourth-order valence-electron chi connectivity index (χ4n) is 1.50. The molecule has 1 aliphatic rings. The molecule has 0 fully saturated rings. The van der Waals surface area contributed by atoms with Gasteiger partial charge in [0.1, 0.15) is 7.85 Å². The standard InChI is InChI=1S/C9H12BBrO3/c1-3-4-6-7(10)8(12)14-9(6,5-11)13-2/h3-5H2,1-2H3. The van der Waals surface area contributed by atoms with Crippen molar-refractivity contribution in [1.29, 1.82) is 0 Å². The summed E-state index contributed by atoms with van der Waals surface area (Å²) in [5.74, 6) is -1.48. The summed E-state index contributed by atoms with van der Waals surface area (Å²) in [7, 11) is 7.14. The highest BCUT2D eigenvalue weighted by Gasteiger charge is 2.44. The predicted molar refractivity (Wildman–Crippen MR) is 57.3 cm³/mol. The first-order valence-electron chi connectivity index (χ1n) is 4.44. The number of rotatable bonds is 4. The molecule has 1 rings (SSSR count). The van der Waals surface area contributed by atoms with Gasteiger partial charge in [0.15, 0.2) is 0 Å². The maximum absolute atomic E-state index is 11.3. The average Bonchev–Trinajstić information content (AvgIpc) is 2.44. The molecule has 0 aliphatic carbocycles. The van der Waals surface area contributed by atoms with Gasteiger partial charge in [-0.25, -0.2) is 4.79 Å². The highest BCUT2D eigenvalue weighted by Crippen LogP contribution is 2.36. The van der Waals surface area contributed by atoms with Crippen LogP contribution in [0, 0.1) is 0 Å². The largest absolute Gasteiger partial charge is 0.425 e. The van der Waals surface area contributed by atoms with Gasteiger partial charge in [-0.2, -0.15) is 0 Å². The number of cyclic esters (lactones) is 1. The van der Waals surface area contributed by atoms with Gasteiger partial charge in [0.2, 0.25) is 5.79 Å². The van der Waals surface area contributed by atoms with Crippen LogP contribution >= 0.6 is 15.9 Å². The van der Waals surface area contributed by atoms with Gasteiger partial charge in [0.05, 0.1) is 5.33 Å². The van der Waals surface area contributed by atoms with Crippen LogP contribution in [0.25, 0.3) is 0 Å². The fourth-order valence-corrected chi connectivity index (χ4v) is 2.18. The smallest absolute Gasteiger partial charge is 0.326 e. The molecule has 1 unspecified atom stereocenters. The lowest BCUT2D eigenvalue weighted by atomic mass is 9.87. The summed E-state index contributed by atoms with van der Waals surface area (Å²) in [6, 6.07) is 0. The van der Waals surface area contributed by atoms with E-state index in [1.54, 1.807) is 0 Å². The molecular formula is C9H12BBrO3. The van der Waals surface area contributed by atoms with Gasteiger partial charge in [0, 0.05) is 12.7 Å². The second-order valence-corrected chi connectivity index (χ2v) is 3.68. The van der Waals surface area contributed by atoms with Gasteiger partial charge in [-0.05, 0) is 11.9 Å². The lowest BCUT2D eigenvalue weighted by molar-refractivity contribution is -0.183. The van der Waals surface area contributed by atoms with E-state index in [1.165, 1.54) is 7.11 Å². The molecule has 1 aliphatic heterocycles. The minimum absolute atomic E-state index is 0.188. The number of esters is 1. The zero-order valence-electron chi connectivity index (χ0n) is 8.30. The van der Waals surface area contributed by atoms with Crippen molar-refractivity contribution in [2.24, 2.45) is 0 Å². The Bertz CT molecular complexity index is 271. The molecule has 0 aromatic carbocycles. The first kappa shape index (κ1) is 11.8. The minimum Gasteiger partial charge on any atom is -0.425 e. The number of ether oxygens (including phenoxy) is 2. The average molecular weight is 259 g/mol. The van der Waals surface area contributed by atoms with E-state index in [2.05, 4.69) is 15.9 Å². The van der Waals surface area contributed by atoms with Crippen molar-refractivity contribution in [3.63, 3.8) is 0 Å². The Morgan fingerprint density at radius 1 is 1.64 bits per heavy atom. The third-order valence-electron chi connectivity index (χ3n) is 2.27. The van der Waals surface area contributed by atoms with Gasteiger partial charge in [0.25, 0.3) is 0 Å². The van der Waals surface area contributed by atoms with Crippen molar-refractivity contribution in [2.75, 3.05) is 12.4 Å². The van der Waals surface area contributed by atoms with Gasteiger partial charge in [-0.3, -0.25) is 0 Å². The second kappa shape index (κ2) is 4.49. The summed E-state index contributed by atoms with van der Waals surface area (Å²) < 4.78 is 10.3. The molecule has 1 atom stereocenters. The van der Waals surface area contributed by atoms with Crippen LogP contribution in [0.3, 0.4) is 0 Å². The zero-order chi connectivity index (χ0) is 10.8. The Balaban J connectivity index is 3.05. The maximum atomic E-state index is 11.3. The molecule has 0 spiro atoms. The summed E-state index contributed by atoms with van der Waals surface area (Å²) in [4.78, 5) is 11.3. The number of hydrogen-bond acceptors (Lipinski definition) is 3. The van der Waals surface area contributed by atoms with E-state index in [9.17, 15) is 4.79 Å². The fraction of sp³-hybridized carbons (Fsp3) is 0.667. The maximum Gasteiger partial charge on any atom is 0.326 e. The van der Waals surface area contributed by atoms with Crippen molar-refractivity contribution in [2.45, 2.75) is 25.6 Å². The van der Waals surface area contributed by atoms with Gasteiger partial charge >= 0.3 is 5.97 Å². The molecule has 0 bridgehead atoms. The number of methoxy groups -OCH3 is 1.